The summed E-state index contributed by atoms with van der Waals surface area (Å²) in [6.07, 6.45) is 1.91. The first-order chi connectivity index (χ1) is 8.76. The number of hydrogen-bond acceptors (Lipinski definition) is 3. The van der Waals surface area contributed by atoms with Gasteiger partial charge in [0.05, 0.1) is 19.8 Å². The van der Waals surface area contributed by atoms with Crippen molar-refractivity contribution in [2.45, 2.75) is 19.1 Å². The Balaban J connectivity index is 2.40. The summed E-state index contributed by atoms with van der Waals surface area (Å²) in [5.41, 5.74) is 1.09. The summed E-state index contributed by atoms with van der Waals surface area (Å²) in [6.45, 7) is 4.18. The molecule has 0 aromatic heterocycles. The van der Waals surface area contributed by atoms with Gasteiger partial charge in [-0.15, -0.1) is 6.58 Å². The van der Waals surface area contributed by atoms with Gasteiger partial charge in [-0.2, -0.15) is 0 Å². The van der Waals surface area contributed by atoms with Gasteiger partial charge in [-0.1, -0.05) is 42.3 Å². The number of carbonyl (C=O) groups is 1. The van der Waals surface area contributed by atoms with E-state index in [1.165, 1.54) is 7.11 Å². The number of ether oxygens (including phenoxy) is 2. The molecular weight excluding hydrogens is 228 g/mol. The molecule has 3 heteroatoms. The van der Waals surface area contributed by atoms with E-state index in [1.54, 1.807) is 6.08 Å². The van der Waals surface area contributed by atoms with E-state index in [9.17, 15) is 4.79 Å². The van der Waals surface area contributed by atoms with Gasteiger partial charge in [0.25, 0.3) is 0 Å². The lowest BCUT2D eigenvalue weighted by molar-refractivity contribution is -0.133. The first-order valence-corrected chi connectivity index (χ1v) is 5.61. The maximum absolute atomic E-state index is 10.8. The molecule has 1 aromatic rings. The monoisotopic (exact) mass is 244 g/mol. The molecule has 0 radical (unpaired) electrons. The first kappa shape index (κ1) is 14.0. The summed E-state index contributed by atoms with van der Waals surface area (Å²) in [4.78, 5) is 10.8. The van der Waals surface area contributed by atoms with E-state index in [1.807, 2.05) is 30.3 Å². The smallest absolute Gasteiger partial charge is 0.384 e. The Hall–Kier alpha value is -2.05. The standard InChI is InChI=1S/C15H16O3/c1-3-14(10-7-11-15(16)17-2)18-12-13-8-5-4-6-9-13/h3-6,8-9,14H,1,10,12H2,2H3. The van der Waals surface area contributed by atoms with Crippen molar-refractivity contribution in [3.63, 3.8) is 0 Å². The average Bonchev–Trinajstić information content (AvgIpc) is 2.43. The van der Waals surface area contributed by atoms with Crippen LogP contribution in [0.4, 0.5) is 0 Å². The second-order valence-electron chi connectivity index (χ2n) is 3.57. The van der Waals surface area contributed by atoms with E-state index >= 15 is 0 Å². The molecule has 0 heterocycles. The van der Waals surface area contributed by atoms with Gasteiger partial charge in [-0.05, 0) is 5.56 Å². The van der Waals surface area contributed by atoms with Crippen molar-refractivity contribution in [2.75, 3.05) is 7.11 Å². The molecular formula is C15H16O3. The zero-order chi connectivity index (χ0) is 13.2. The number of methoxy groups -OCH3 is 1. The van der Waals surface area contributed by atoms with Gasteiger partial charge in [-0.3, -0.25) is 0 Å². The zero-order valence-corrected chi connectivity index (χ0v) is 10.4. The van der Waals surface area contributed by atoms with Crippen LogP contribution in [0.15, 0.2) is 43.0 Å². The summed E-state index contributed by atoms with van der Waals surface area (Å²) in [5.74, 6) is 4.52. The number of benzene rings is 1. The first-order valence-electron chi connectivity index (χ1n) is 5.61. The maximum Gasteiger partial charge on any atom is 0.384 e. The van der Waals surface area contributed by atoms with E-state index in [0.29, 0.717) is 13.0 Å². The molecule has 0 saturated heterocycles. The molecule has 0 bridgehead atoms. The second kappa shape index (κ2) is 8.10. The van der Waals surface area contributed by atoms with Crippen LogP contribution in [0.2, 0.25) is 0 Å². The largest absolute Gasteiger partial charge is 0.459 e. The summed E-state index contributed by atoms with van der Waals surface area (Å²) in [7, 11) is 1.30. The van der Waals surface area contributed by atoms with E-state index in [2.05, 4.69) is 23.2 Å². The average molecular weight is 244 g/mol. The van der Waals surface area contributed by atoms with E-state index < -0.39 is 5.97 Å². The van der Waals surface area contributed by atoms with Crippen molar-refractivity contribution >= 4 is 5.97 Å². The second-order valence-corrected chi connectivity index (χ2v) is 3.57. The van der Waals surface area contributed by atoms with Gasteiger partial charge in [0.2, 0.25) is 0 Å². The van der Waals surface area contributed by atoms with E-state index in [4.69, 9.17) is 4.74 Å². The highest BCUT2D eigenvalue weighted by Gasteiger charge is 2.03. The summed E-state index contributed by atoms with van der Waals surface area (Å²) in [6, 6.07) is 9.84. The number of hydrogen-bond donors (Lipinski definition) is 0. The molecule has 0 saturated carbocycles. The minimum Gasteiger partial charge on any atom is -0.459 e. The molecule has 1 aromatic carbocycles. The molecule has 0 N–H and O–H groups in total. The predicted octanol–water partition coefficient (Wildman–Crippen LogP) is 2.32. The van der Waals surface area contributed by atoms with Gasteiger partial charge in [0.15, 0.2) is 0 Å². The van der Waals surface area contributed by atoms with Crippen LogP contribution in [0.3, 0.4) is 0 Å². The number of carbonyl (C=O) groups excluding carboxylic acids is 1. The molecule has 0 aliphatic rings. The van der Waals surface area contributed by atoms with Crippen LogP contribution in [0.25, 0.3) is 0 Å². The normalized spacial score (nSPS) is 10.9. The number of rotatable bonds is 5. The highest BCUT2D eigenvalue weighted by atomic mass is 16.5. The van der Waals surface area contributed by atoms with Crippen LogP contribution in [-0.4, -0.2) is 19.2 Å². The van der Waals surface area contributed by atoms with Gasteiger partial charge in [0, 0.05) is 12.3 Å². The molecule has 0 fully saturated rings. The predicted molar refractivity (Wildman–Crippen MR) is 69.6 cm³/mol. The minimum absolute atomic E-state index is 0.192. The quantitative estimate of drug-likeness (QED) is 0.345. The maximum atomic E-state index is 10.8. The Kier molecular flexibility index (Phi) is 6.31. The Morgan fingerprint density at radius 3 is 2.78 bits per heavy atom. The lowest BCUT2D eigenvalue weighted by Crippen LogP contribution is -2.08. The molecule has 0 aliphatic carbocycles. The summed E-state index contributed by atoms with van der Waals surface area (Å²) >= 11 is 0. The topological polar surface area (TPSA) is 35.5 Å². The zero-order valence-electron chi connectivity index (χ0n) is 10.4. The number of esters is 1. The lowest BCUT2D eigenvalue weighted by Gasteiger charge is -2.10. The Bertz CT molecular complexity index is 440. The fourth-order valence-electron chi connectivity index (χ4n) is 1.26. The van der Waals surface area contributed by atoms with Crippen molar-refractivity contribution in [3.8, 4) is 11.8 Å². The van der Waals surface area contributed by atoms with Gasteiger partial charge < -0.3 is 9.47 Å². The summed E-state index contributed by atoms with van der Waals surface area (Å²) in [5, 5.41) is 0. The van der Waals surface area contributed by atoms with Crippen LogP contribution >= 0.6 is 0 Å². The van der Waals surface area contributed by atoms with Crippen molar-refractivity contribution in [3.05, 3.63) is 48.6 Å². The molecule has 94 valence electrons. The molecule has 18 heavy (non-hydrogen) atoms. The summed E-state index contributed by atoms with van der Waals surface area (Å²) < 4.78 is 10.0. The van der Waals surface area contributed by atoms with Gasteiger partial charge in [0.1, 0.15) is 0 Å². The molecule has 0 spiro atoms. The van der Waals surface area contributed by atoms with Crippen molar-refractivity contribution in [1.82, 2.24) is 0 Å². The third-order valence-electron chi connectivity index (χ3n) is 2.25. The minimum atomic E-state index is -0.541. The SMILES string of the molecule is C=CC(CC#CC(=O)OC)OCc1ccccc1. The molecule has 3 nitrogen and oxygen atoms in total. The van der Waals surface area contributed by atoms with Crippen LogP contribution in [0, 0.1) is 11.8 Å². The highest BCUT2D eigenvalue weighted by molar-refractivity contribution is 5.88. The molecule has 1 rings (SSSR count). The van der Waals surface area contributed by atoms with Crippen molar-refractivity contribution in [2.24, 2.45) is 0 Å². The van der Waals surface area contributed by atoms with Crippen LogP contribution in [-0.2, 0) is 20.9 Å². The van der Waals surface area contributed by atoms with Crippen molar-refractivity contribution < 1.29 is 14.3 Å². The van der Waals surface area contributed by atoms with Gasteiger partial charge in [-0.25, -0.2) is 4.79 Å². The van der Waals surface area contributed by atoms with Crippen LogP contribution in [0.1, 0.15) is 12.0 Å². The molecule has 0 aliphatic heterocycles. The molecule has 1 atom stereocenters. The Labute approximate surface area is 107 Å². The highest BCUT2D eigenvalue weighted by Crippen LogP contribution is 2.06. The Morgan fingerprint density at radius 2 is 2.17 bits per heavy atom. The molecule has 0 amide bonds. The lowest BCUT2D eigenvalue weighted by atomic mass is 10.2. The molecule has 1 unspecified atom stereocenters. The van der Waals surface area contributed by atoms with Crippen LogP contribution in [0.5, 0.6) is 0 Å². The van der Waals surface area contributed by atoms with Crippen LogP contribution < -0.4 is 0 Å². The fraction of sp³-hybridized carbons (Fsp3) is 0.267. The van der Waals surface area contributed by atoms with E-state index in [-0.39, 0.29) is 6.10 Å². The third-order valence-corrected chi connectivity index (χ3v) is 2.25. The Morgan fingerprint density at radius 1 is 1.44 bits per heavy atom. The third kappa shape index (κ3) is 5.33. The van der Waals surface area contributed by atoms with Gasteiger partial charge >= 0.3 is 5.97 Å². The van der Waals surface area contributed by atoms with E-state index in [0.717, 1.165) is 5.56 Å². The van der Waals surface area contributed by atoms with Crippen molar-refractivity contribution in [1.29, 1.82) is 0 Å². The fourth-order valence-corrected chi connectivity index (χ4v) is 1.26.